The molecule has 0 saturated carbocycles. The molecule has 0 aliphatic rings. The van der Waals surface area contributed by atoms with E-state index in [4.69, 9.17) is 4.98 Å². The molecule has 3 aromatic heterocycles. The summed E-state index contributed by atoms with van der Waals surface area (Å²) in [6.45, 7) is 7.29. The maximum atomic E-state index is 4.98. The second-order valence-corrected chi connectivity index (χ2v) is 8.18. The molecule has 5 rings (SSSR count). The fourth-order valence-electron chi connectivity index (χ4n) is 4.29. The highest BCUT2D eigenvalue weighted by molar-refractivity contribution is 5.81. The van der Waals surface area contributed by atoms with Gasteiger partial charge in [-0.3, -0.25) is 4.98 Å². The summed E-state index contributed by atoms with van der Waals surface area (Å²) in [6.07, 6.45) is 5.61. The van der Waals surface area contributed by atoms with Crippen LogP contribution in [-0.2, 0) is 13.0 Å². The van der Waals surface area contributed by atoms with Crippen molar-refractivity contribution in [2.45, 2.75) is 40.2 Å². The van der Waals surface area contributed by atoms with Gasteiger partial charge in [0.15, 0.2) is 5.82 Å². The van der Waals surface area contributed by atoms with Crippen LogP contribution in [0.5, 0.6) is 0 Å². The topological polar surface area (TPSA) is 85.2 Å². The van der Waals surface area contributed by atoms with Gasteiger partial charge < -0.3 is 4.57 Å². The molecular formula is C25H25N7. The second-order valence-electron chi connectivity index (χ2n) is 8.18. The minimum absolute atomic E-state index is 0.608. The summed E-state index contributed by atoms with van der Waals surface area (Å²) in [6, 6.07) is 15.1. The Morgan fingerprint density at radius 1 is 1.00 bits per heavy atom. The van der Waals surface area contributed by atoms with Gasteiger partial charge in [0, 0.05) is 30.9 Å². The molecule has 0 atom stereocenters. The van der Waals surface area contributed by atoms with E-state index in [0.717, 1.165) is 47.4 Å². The lowest BCUT2D eigenvalue weighted by Gasteiger charge is -2.11. The van der Waals surface area contributed by atoms with Crippen molar-refractivity contribution in [3.8, 4) is 22.5 Å². The number of nitrogens with zero attached hydrogens (tertiary/aromatic N) is 6. The third kappa shape index (κ3) is 3.66. The molecule has 7 heteroatoms. The number of nitrogens with one attached hydrogen (secondary N) is 1. The third-order valence-corrected chi connectivity index (χ3v) is 5.77. The third-order valence-electron chi connectivity index (χ3n) is 5.77. The van der Waals surface area contributed by atoms with Gasteiger partial charge in [0.25, 0.3) is 0 Å². The van der Waals surface area contributed by atoms with Crippen LogP contribution in [0.1, 0.15) is 35.9 Å². The Hall–Kier alpha value is -3.87. The lowest BCUT2D eigenvalue weighted by molar-refractivity contribution is 0.722. The van der Waals surface area contributed by atoms with Crippen LogP contribution in [0.4, 0.5) is 0 Å². The van der Waals surface area contributed by atoms with E-state index in [1.54, 1.807) is 12.4 Å². The SMILES string of the molecule is CCCc1nc2c(C)cc(C)cc2n1Cc1ccc(-c2ccncc2-c2nnn[nH]2)cc1. The van der Waals surface area contributed by atoms with Crippen molar-refractivity contribution >= 4 is 11.0 Å². The molecule has 32 heavy (non-hydrogen) atoms. The van der Waals surface area contributed by atoms with Crippen molar-refractivity contribution in [1.29, 1.82) is 0 Å². The smallest absolute Gasteiger partial charge is 0.181 e. The van der Waals surface area contributed by atoms with E-state index in [0.29, 0.717) is 5.82 Å². The van der Waals surface area contributed by atoms with Crippen molar-refractivity contribution in [2.24, 2.45) is 0 Å². The number of rotatable bonds is 6. The summed E-state index contributed by atoms with van der Waals surface area (Å²) in [5.74, 6) is 1.76. The average Bonchev–Trinajstić information content (AvgIpc) is 3.44. The number of fused-ring (bicyclic) bond motifs is 1. The highest BCUT2D eigenvalue weighted by Crippen LogP contribution is 2.29. The first kappa shape index (κ1) is 20.1. The van der Waals surface area contributed by atoms with Gasteiger partial charge in [-0.1, -0.05) is 37.3 Å². The predicted octanol–water partition coefficient (Wildman–Crippen LogP) is 4.90. The molecule has 7 nitrogen and oxygen atoms in total. The summed E-state index contributed by atoms with van der Waals surface area (Å²) >= 11 is 0. The van der Waals surface area contributed by atoms with Gasteiger partial charge >= 0.3 is 0 Å². The van der Waals surface area contributed by atoms with Crippen LogP contribution >= 0.6 is 0 Å². The first-order valence-corrected chi connectivity index (χ1v) is 10.9. The van der Waals surface area contributed by atoms with Gasteiger partial charge in [0.1, 0.15) is 5.82 Å². The summed E-state index contributed by atoms with van der Waals surface area (Å²) in [5.41, 5.74) is 9.07. The van der Waals surface area contributed by atoms with Crippen LogP contribution in [0.2, 0.25) is 0 Å². The molecule has 1 N–H and O–H groups in total. The van der Waals surface area contributed by atoms with Crippen molar-refractivity contribution in [1.82, 2.24) is 35.2 Å². The van der Waals surface area contributed by atoms with Gasteiger partial charge in [0.05, 0.1) is 11.0 Å². The minimum Gasteiger partial charge on any atom is -0.323 e. The molecule has 0 fully saturated rings. The molecule has 0 bridgehead atoms. The normalized spacial score (nSPS) is 11.3. The quantitative estimate of drug-likeness (QED) is 0.420. The number of aryl methyl sites for hydroxylation is 3. The molecule has 2 aromatic carbocycles. The Morgan fingerprint density at radius 3 is 2.59 bits per heavy atom. The molecule has 0 radical (unpaired) electrons. The number of aromatic amines is 1. The van der Waals surface area contributed by atoms with Crippen LogP contribution in [0.25, 0.3) is 33.5 Å². The fraction of sp³-hybridized carbons (Fsp3) is 0.240. The molecule has 0 unspecified atom stereocenters. The molecule has 160 valence electrons. The molecule has 0 aliphatic carbocycles. The zero-order valence-corrected chi connectivity index (χ0v) is 18.5. The van der Waals surface area contributed by atoms with E-state index in [1.807, 2.05) is 6.07 Å². The van der Waals surface area contributed by atoms with Crippen LogP contribution < -0.4 is 0 Å². The lowest BCUT2D eigenvalue weighted by atomic mass is 10.00. The van der Waals surface area contributed by atoms with E-state index < -0.39 is 0 Å². The maximum absolute atomic E-state index is 4.98. The maximum Gasteiger partial charge on any atom is 0.181 e. The van der Waals surface area contributed by atoms with Gasteiger partial charge in [-0.05, 0) is 70.6 Å². The molecule has 0 amide bonds. The van der Waals surface area contributed by atoms with Gasteiger partial charge in [0.2, 0.25) is 0 Å². The number of pyridine rings is 1. The van der Waals surface area contributed by atoms with E-state index in [2.05, 4.69) is 87.3 Å². The number of hydrogen-bond acceptors (Lipinski definition) is 5. The Bertz CT molecular complexity index is 1370. The summed E-state index contributed by atoms with van der Waals surface area (Å²) in [7, 11) is 0. The molecular weight excluding hydrogens is 398 g/mol. The van der Waals surface area contributed by atoms with Gasteiger partial charge in [-0.2, -0.15) is 0 Å². The average molecular weight is 424 g/mol. The standard InChI is InChI=1S/C25H25N7/c1-4-5-23-27-24-17(3)12-16(2)13-22(24)32(23)15-18-6-8-19(9-7-18)20-10-11-26-14-21(20)25-28-30-31-29-25/h6-14H,4-5,15H2,1-3H3,(H,28,29,30,31). The monoisotopic (exact) mass is 423 g/mol. The van der Waals surface area contributed by atoms with Crippen molar-refractivity contribution in [2.75, 3.05) is 0 Å². The largest absolute Gasteiger partial charge is 0.323 e. The van der Waals surface area contributed by atoms with E-state index in [1.165, 1.54) is 22.2 Å². The number of H-pyrrole nitrogens is 1. The summed E-state index contributed by atoms with van der Waals surface area (Å²) in [4.78, 5) is 9.22. The summed E-state index contributed by atoms with van der Waals surface area (Å²) < 4.78 is 2.37. The predicted molar refractivity (Wildman–Crippen MR) is 125 cm³/mol. The van der Waals surface area contributed by atoms with E-state index >= 15 is 0 Å². The first-order valence-electron chi connectivity index (χ1n) is 10.9. The van der Waals surface area contributed by atoms with Gasteiger partial charge in [-0.25, -0.2) is 10.1 Å². The number of hydrogen-bond donors (Lipinski definition) is 1. The van der Waals surface area contributed by atoms with Gasteiger partial charge in [-0.15, -0.1) is 5.10 Å². The zero-order valence-electron chi connectivity index (χ0n) is 18.5. The molecule has 0 aliphatic heterocycles. The molecule has 0 spiro atoms. The molecule has 0 saturated heterocycles. The van der Waals surface area contributed by atoms with Crippen LogP contribution in [0.3, 0.4) is 0 Å². The first-order chi connectivity index (χ1) is 15.6. The van der Waals surface area contributed by atoms with E-state index in [9.17, 15) is 0 Å². The Morgan fingerprint density at radius 2 is 1.84 bits per heavy atom. The van der Waals surface area contributed by atoms with Crippen molar-refractivity contribution in [3.63, 3.8) is 0 Å². The summed E-state index contributed by atoms with van der Waals surface area (Å²) in [5, 5.41) is 14.3. The van der Waals surface area contributed by atoms with Crippen LogP contribution in [0, 0.1) is 13.8 Å². The number of imidazole rings is 1. The fourth-order valence-corrected chi connectivity index (χ4v) is 4.29. The van der Waals surface area contributed by atoms with Crippen LogP contribution in [0.15, 0.2) is 54.9 Å². The van der Waals surface area contributed by atoms with Crippen LogP contribution in [-0.4, -0.2) is 35.2 Å². The Labute approximate surface area is 186 Å². The Kier molecular flexibility index (Phi) is 5.23. The highest BCUT2D eigenvalue weighted by Gasteiger charge is 2.14. The van der Waals surface area contributed by atoms with Crippen molar-refractivity contribution < 1.29 is 0 Å². The molecule has 5 aromatic rings. The number of tetrazole rings is 1. The number of aromatic nitrogens is 7. The highest BCUT2D eigenvalue weighted by atomic mass is 15.5. The van der Waals surface area contributed by atoms with Crippen molar-refractivity contribution in [3.05, 3.63) is 77.4 Å². The minimum atomic E-state index is 0.608. The van der Waals surface area contributed by atoms with E-state index in [-0.39, 0.29) is 0 Å². The molecule has 3 heterocycles. The zero-order chi connectivity index (χ0) is 22.1. The number of benzene rings is 2. The second kappa shape index (κ2) is 8.34. The lowest BCUT2D eigenvalue weighted by Crippen LogP contribution is -2.05. The Balaban J connectivity index is 1.51.